The Morgan fingerprint density at radius 2 is 1.34 bits per heavy atom. The van der Waals surface area contributed by atoms with Crippen LogP contribution in [0.4, 0.5) is 20.2 Å². The smallest absolute Gasteiger partial charge is 0.332 e. The first-order valence-electron chi connectivity index (χ1n) is 13.7. The van der Waals surface area contributed by atoms with E-state index in [1.54, 1.807) is 36.4 Å². The molecule has 2 aliphatic rings. The van der Waals surface area contributed by atoms with Crippen LogP contribution in [0, 0.1) is 17.6 Å². The molecule has 2 fully saturated rings. The van der Waals surface area contributed by atoms with Crippen molar-refractivity contribution in [1.82, 2.24) is 4.48 Å². The van der Waals surface area contributed by atoms with Crippen molar-refractivity contribution in [3.05, 3.63) is 95.6 Å². The number of quaternary nitrogens is 1. The normalized spacial score (nSPS) is 30.6. The SMILES string of the molecule is O=C1[C@H](CC[C@H](O)c2ccc(F)cc2)C[N+]1(c1ccc(F)cc1)c1ccc(C[C@@H]2O[C@H](CO)[C@@H](O)[C@H](O)[C@H]2O)cc1. The Morgan fingerprint density at radius 1 is 0.805 bits per heavy atom. The van der Waals surface area contributed by atoms with Crippen LogP contribution in [0.2, 0.25) is 0 Å². The van der Waals surface area contributed by atoms with Gasteiger partial charge in [0.2, 0.25) is 0 Å². The molecule has 1 unspecified atom stereocenters. The van der Waals surface area contributed by atoms with Crippen LogP contribution in [-0.4, -0.2) is 75.1 Å². The molecule has 218 valence electrons. The average Bonchev–Trinajstić information content (AvgIpc) is 2.98. The Morgan fingerprint density at radius 3 is 1.90 bits per heavy atom. The number of hydrogen-bond acceptors (Lipinski definition) is 7. The minimum Gasteiger partial charge on any atom is -0.394 e. The third-order valence-electron chi connectivity index (χ3n) is 8.34. The number of amides is 1. The van der Waals surface area contributed by atoms with Crippen LogP contribution in [0.25, 0.3) is 0 Å². The van der Waals surface area contributed by atoms with E-state index in [4.69, 9.17) is 4.74 Å². The standard InChI is InChI=1S/C31H34F2NO7/c32-21-6-3-19(4-7-21)25(36)14-5-20-16-34(31(20)40,24-12-8-22(33)9-13-24)23-10-1-18(2-11-23)15-26-28(37)30(39)29(38)27(17-35)41-26/h1-4,6-13,20,25-30,35-39H,5,14-17H2/q+1/t20-,25+,26+,27-,28+,29-,30-,34?/m1/s1. The number of nitrogens with zero attached hydrogens (tertiary/aromatic N) is 1. The van der Waals surface area contributed by atoms with Crippen molar-refractivity contribution in [1.29, 1.82) is 0 Å². The van der Waals surface area contributed by atoms with E-state index in [1.807, 2.05) is 0 Å². The summed E-state index contributed by atoms with van der Waals surface area (Å²) in [5.74, 6) is -1.25. The average molecular weight is 571 g/mol. The summed E-state index contributed by atoms with van der Waals surface area (Å²) in [6, 6.07) is 18.5. The summed E-state index contributed by atoms with van der Waals surface area (Å²) in [5.41, 5.74) is 2.58. The number of aliphatic hydroxyl groups excluding tert-OH is 5. The molecule has 1 amide bonds. The van der Waals surface area contributed by atoms with Gasteiger partial charge in [0.1, 0.15) is 59.9 Å². The molecule has 0 aliphatic carbocycles. The Kier molecular flexibility index (Phi) is 8.62. The minimum atomic E-state index is -1.46. The second kappa shape index (κ2) is 12.0. The maximum atomic E-state index is 13.8. The lowest BCUT2D eigenvalue weighted by Gasteiger charge is -2.46. The maximum absolute atomic E-state index is 13.8. The molecule has 8 nitrogen and oxygen atoms in total. The zero-order valence-electron chi connectivity index (χ0n) is 22.3. The van der Waals surface area contributed by atoms with E-state index in [-0.39, 0.29) is 22.7 Å². The topological polar surface area (TPSA) is 127 Å². The van der Waals surface area contributed by atoms with Crippen LogP contribution < -0.4 is 4.48 Å². The Bertz CT molecular complexity index is 1340. The van der Waals surface area contributed by atoms with Gasteiger partial charge in [0.25, 0.3) is 0 Å². The summed E-state index contributed by atoms with van der Waals surface area (Å²) >= 11 is 0. The molecule has 0 aromatic heterocycles. The molecule has 0 saturated carbocycles. The van der Waals surface area contributed by atoms with E-state index < -0.39 is 54.9 Å². The van der Waals surface area contributed by atoms with Gasteiger partial charge in [-0.3, -0.25) is 0 Å². The molecule has 8 atom stereocenters. The van der Waals surface area contributed by atoms with Crippen molar-refractivity contribution in [2.24, 2.45) is 5.92 Å². The first-order valence-corrected chi connectivity index (χ1v) is 13.7. The molecule has 0 radical (unpaired) electrons. The highest BCUT2D eigenvalue weighted by atomic mass is 19.1. The number of β-lactam (4-membered cyclic amide) rings is 1. The minimum absolute atomic E-state index is 0.0930. The monoisotopic (exact) mass is 570 g/mol. The van der Waals surface area contributed by atoms with Crippen LogP contribution in [-0.2, 0) is 16.0 Å². The summed E-state index contributed by atoms with van der Waals surface area (Å²) in [5, 5.41) is 50.5. The Balaban J connectivity index is 1.32. The number of ether oxygens (including phenoxy) is 1. The molecule has 10 heteroatoms. The van der Waals surface area contributed by atoms with E-state index in [9.17, 15) is 39.1 Å². The zero-order valence-corrected chi connectivity index (χ0v) is 22.3. The summed E-state index contributed by atoms with van der Waals surface area (Å²) < 4.78 is 32.5. The summed E-state index contributed by atoms with van der Waals surface area (Å²) in [7, 11) is 0. The molecule has 5 rings (SSSR count). The number of rotatable bonds is 9. The molecule has 2 saturated heterocycles. The second-order valence-electron chi connectivity index (χ2n) is 10.9. The first kappa shape index (κ1) is 29.4. The summed E-state index contributed by atoms with van der Waals surface area (Å²) in [6.45, 7) is -0.102. The summed E-state index contributed by atoms with van der Waals surface area (Å²) in [6.07, 6.45) is -6.01. The molecule has 2 heterocycles. The molecule has 41 heavy (non-hydrogen) atoms. The predicted octanol–water partition coefficient (Wildman–Crippen LogP) is 2.66. The van der Waals surface area contributed by atoms with Crippen LogP contribution in [0.3, 0.4) is 0 Å². The number of aliphatic hydroxyl groups is 5. The van der Waals surface area contributed by atoms with Gasteiger partial charge in [-0.2, -0.15) is 4.48 Å². The fourth-order valence-electron chi connectivity index (χ4n) is 5.90. The van der Waals surface area contributed by atoms with Crippen molar-refractivity contribution < 1.29 is 43.8 Å². The van der Waals surface area contributed by atoms with Gasteiger partial charge in [0.05, 0.1) is 18.8 Å². The van der Waals surface area contributed by atoms with Gasteiger partial charge in [-0.25, -0.2) is 13.6 Å². The highest BCUT2D eigenvalue weighted by molar-refractivity contribution is 6.02. The van der Waals surface area contributed by atoms with Crippen molar-refractivity contribution >= 4 is 17.3 Å². The number of hydrogen-bond donors (Lipinski definition) is 5. The molecule has 3 aromatic carbocycles. The Labute approximate surface area is 236 Å². The third kappa shape index (κ3) is 5.69. The van der Waals surface area contributed by atoms with Crippen LogP contribution >= 0.6 is 0 Å². The van der Waals surface area contributed by atoms with Gasteiger partial charge in [-0.1, -0.05) is 24.3 Å². The molecule has 2 aliphatic heterocycles. The number of benzene rings is 3. The molecule has 5 N–H and O–H groups in total. The van der Waals surface area contributed by atoms with Crippen LogP contribution in [0.5, 0.6) is 0 Å². The van der Waals surface area contributed by atoms with Gasteiger partial charge in [-0.05, 0) is 48.2 Å². The van der Waals surface area contributed by atoms with Crippen molar-refractivity contribution in [2.45, 2.75) is 55.9 Å². The van der Waals surface area contributed by atoms with Crippen molar-refractivity contribution in [3.63, 3.8) is 0 Å². The lowest BCUT2D eigenvalue weighted by molar-refractivity contribution is -0.228. The zero-order chi connectivity index (χ0) is 29.3. The van der Waals surface area contributed by atoms with Crippen LogP contribution in [0.1, 0.15) is 30.1 Å². The van der Waals surface area contributed by atoms with E-state index in [0.29, 0.717) is 36.3 Å². The number of carbonyl (C=O) groups is 1. The van der Waals surface area contributed by atoms with E-state index in [2.05, 4.69) is 0 Å². The van der Waals surface area contributed by atoms with Crippen molar-refractivity contribution in [2.75, 3.05) is 13.2 Å². The molecule has 3 aromatic rings. The van der Waals surface area contributed by atoms with Crippen LogP contribution in [0.15, 0.2) is 72.8 Å². The van der Waals surface area contributed by atoms with Gasteiger partial charge in [0.15, 0.2) is 0 Å². The maximum Gasteiger partial charge on any atom is 0.332 e. The highest BCUT2D eigenvalue weighted by Crippen LogP contribution is 2.46. The first-order chi connectivity index (χ1) is 19.6. The number of halogens is 2. The Hall–Kier alpha value is -3.09. The molecule has 0 spiro atoms. The largest absolute Gasteiger partial charge is 0.394 e. The van der Waals surface area contributed by atoms with E-state index in [0.717, 1.165) is 5.56 Å². The third-order valence-corrected chi connectivity index (χ3v) is 8.34. The lowest BCUT2D eigenvalue weighted by Crippen LogP contribution is -2.66. The fourth-order valence-corrected chi connectivity index (χ4v) is 5.90. The van der Waals surface area contributed by atoms with E-state index >= 15 is 0 Å². The predicted molar refractivity (Wildman–Crippen MR) is 146 cm³/mol. The highest BCUT2D eigenvalue weighted by Gasteiger charge is 2.57. The lowest BCUT2D eigenvalue weighted by atomic mass is 9.85. The van der Waals surface area contributed by atoms with Gasteiger partial charge >= 0.3 is 5.91 Å². The summed E-state index contributed by atoms with van der Waals surface area (Å²) in [4.78, 5) is 13.8. The number of carbonyl (C=O) groups excluding carboxylic acids is 1. The van der Waals surface area contributed by atoms with Gasteiger partial charge in [0, 0.05) is 30.7 Å². The molecule has 0 bridgehead atoms. The van der Waals surface area contributed by atoms with Gasteiger partial charge in [-0.15, -0.1) is 0 Å². The molecular formula is C31H34F2NO7+. The van der Waals surface area contributed by atoms with Gasteiger partial charge < -0.3 is 30.3 Å². The van der Waals surface area contributed by atoms with E-state index in [1.165, 1.54) is 36.4 Å². The molecular weight excluding hydrogens is 536 g/mol. The second-order valence-corrected chi connectivity index (χ2v) is 10.9. The fraction of sp³-hybridized carbons (Fsp3) is 0.387. The van der Waals surface area contributed by atoms with Crippen molar-refractivity contribution in [3.8, 4) is 0 Å². The quantitative estimate of drug-likeness (QED) is 0.198.